The molecule has 7 heteroatoms. The summed E-state index contributed by atoms with van der Waals surface area (Å²) in [4.78, 5) is 25.0. The Hall–Kier alpha value is -2.38. The Bertz CT molecular complexity index is 786. The Morgan fingerprint density at radius 3 is 2.78 bits per heavy atom. The summed E-state index contributed by atoms with van der Waals surface area (Å²) in [6, 6.07) is 6.09. The summed E-state index contributed by atoms with van der Waals surface area (Å²) in [6.45, 7) is 3.19. The Morgan fingerprint density at radius 1 is 1.15 bits per heavy atom. The molecule has 0 aliphatic carbocycles. The van der Waals surface area contributed by atoms with Crippen molar-refractivity contribution in [2.24, 2.45) is 0 Å². The fraction of sp³-hybridized carbons (Fsp3) is 0.450. The lowest BCUT2D eigenvalue weighted by molar-refractivity contribution is -0.140. The highest BCUT2D eigenvalue weighted by molar-refractivity contribution is 5.95. The highest BCUT2D eigenvalue weighted by Gasteiger charge is 2.41. The van der Waals surface area contributed by atoms with Crippen LogP contribution in [0.15, 0.2) is 42.9 Å². The van der Waals surface area contributed by atoms with E-state index in [-0.39, 0.29) is 23.9 Å². The number of likely N-dealkylation sites (tertiary alicyclic amines) is 1. The number of aromatic nitrogens is 2. The first-order valence-corrected chi connectivity index (χ1v) is 9.31. The molecule has 1 aromatic carbocycles. The molecule has 6 nitrogen and oxygen atoms in total. The average Bonchev–Trinajstić information content (AvgIpc) is 2.88. The number of hydrogen-bond donors (Lipinski definition) is 0. The standard InChI is InChI=1S/C20H23FN4O2/c21-16-2-4-18(5-3-16)25-15-20(27-14-19(25)26)6-1-10-24(11-7-20)13-17-12-22-8-9-23-17/h2-5,8-9,12H,1,6-7,10-11,13-15H2. The maximum Gasteiger partial charge on any atom is 0.253 e. The van der Waals surface area contributed by atoms with Crippen molar-refractivity contribution in [1.82, 2.24) is 14.9 Å². The summed E-state index contributed by atoms with van der Waals surface area (Å²) in [7, 11) is 0. The molecule has 1 amide bonds. The molecule has 0 saturated carbocycles. The minimum absolute atomic E-state index is 0.0710. The minimum atomic E-state index is -0.348. The predicted octanol–water partition coefficient (Wildman–Crippen LogP) is 2.40. The van der Waals surface area contributed by atoms with Crippen LogP contribution >= 0.6 is 0 Å². The van der Waals surface area contributed by atoms with Gasteiger partial charge in [0.05, 0.1) is 17.8 Å². The number of carbonyl (C=O) groups excluding carboxylic acids is 1. The molecule has 1 unspecified atom stereocenters. The smallest absolute Gasteiger partial charge is 0.253 e. The predicted molar refractivity (Wildman–Crippen MR) is 98.6 cm³/mol. The highest BCUT2D eigenvalue weighted by atomic mass is 19.1. The minimum Gasteiger partial charge on any atom is -0.363 e. The molecule has 1 spiro atoms. The highest BCUT2D eigenvalue weighted by Crippen LogP contribution is 2.33. The first-order chi connectivity index (χ1) is 13.1. The van der Waals surface area contributed by atoms with Gasteiger partial charge in [-0.2, -0.15) is 0 Å². The van der Waals surface area contributed by atoms with Crippen LogP contribution in [-0.4, -0.2) is 52.6 Å². The summed E-state index contributed by atoms with van der Waals surface area (Å²) in [5, 5.41) is 0. The third-order valence-corrected chi connectivity index (χ3v) is 5.38. The third-order valence-electron chi connectivity index (χ3n) is 5.38. The molecule has 2 aliphatic heterocycles. The molecule has 0 N–H and O–H groups in total. The van der Waals surface area contributed by atoms with Gasteiger partial charge in [-0.25, -0.2) is 4.39 Å². The van der Waals surface area contributed by atoms with E-state index >= 15 is 0 Å². The fourth-order valence-electron chi connectivity index (χ4n) is 3.90. The van der Waals surface area contributed by atoms with E-state index < -0.39 is 0 Å². The van der Waals surface area contributed by atoms with E-state index in [4.69, 9.17) is 4.74 Å². The Balaban J connectivity index is 1.45. The van der Waals surface area contributed by atoms with E-state index in [0.717, 1.165) is 50.3 Å². The van der Waals surface area contributed by atoms with E-state index in [2.05, 4.69) is 14.9 Å². The number of carbonyl (C=O) groups is 1. The lowest BCUT2D eigenvalue weighted by Crippen LogP contribution is -2.55. The van der Waals surface area contributed by atoms with Crippen molar-refractivity contribution in [3.05, 3.63) is 54.4 Å². The van der Waals surface area contributed by atoms with Crippen molar-refractivity contribution in [2.75, 3.05) is 31.1 Å². The van der Waals surface area contributed by atoms with Gasteiger partial charge in [0.2, 0.25) is 0 Å². The van der Waals surface area contributed by atoms with Gasteiger partial charge in [-0.05, 0) is 50.1 Å². The van der Waals surface area contributed by atoms with Gasteiger partial charge in [-0.15, -0.1) is 0 Å². The van der Waals surface area contributed by atoms with Crippen molar-refractivity contribution < 1.29 is 13.9 Å². The lowest BCUT2D eigenvalue weighted by Gasteiger charge is -2.42. The summed E-state index contributed by atoms with van der Waals surface area (Å²) in [5.41, 5.74) is 1.34. The summed E-state index contributed by atoms with van der Waals surface area (Å²) < 4.78 is 19.3. The molecule has 3 heterocycles. The topological polar surface area (TPSA) is 58.6 Å². The third kappa shape index (κ3) is 4.14. The monoisotopic (exact) mass is 370 g/mol. The van der Waals surface area contributed by atoms with Crippen molar-refractivity contribution in [3.63, 3.8) is 0 Å². The fourth-order valence-corrected chi connectivity index (χ4v) is 3.90. The summed E-state index contributed by atoms with van der Waals surface area (Å²) in [5.74, 6) is -0.379. The number of anilines is 1. The number of hydrogen-bond acceptors (Lipinski definition) is 5. The second-order valence-electron chi connectivity index (χ2n) is 7.25. The molecule has 2 fully saturated rings. The molecule has 2 saturated heterocycles. The number of rotatable bonds is 3. The van der Waals surface area contributed by atoms with Gasteiger partial charge in [0.15, 0.2) is 0 Å². The maximum absolute atomic E-state index is 13.2. The number of amides is 1. The molecule has 1 atom stereocenters. The molecular formula is C20H23FN4O2. The largest absolute Gasteiger partial charge is 0.363 e. The Labute approximate surface area is 158 Å². The SMILES string of the molecule is O=C1COC2(CCCN(Cc3cnccn3)CC2)CN1c1ccc(F)cc1. The van der Waals surface area contributed by atoms with Crippen molar-refractivity contribution in [2.45, 2.75) is 31.4 Å². The quantitative estimate of drug-likeness (QED) is 0.830. The second kappa shape index (κ2) is 7.70. The van der Waals surface area contributed by atoms with Crippen molar-refractivity contribution >= 4 is 11.6 Å². The summed E-state index contributed by atoms with van der Waals surface area (Å²) in [6.07, 6.45) is 7.93. The van der Waals surface area contributed by atoms with Crippen LogP contribution < -0.4 is 4.90 Å². The molecule has 0 radical (unpaired) electrons. The zero-order valence-corrected chi connectivity index (χ0v) is 15.2. The molecule has 2 aliphatic rings. The van der Waals surface area contributed by atoms with Crippen molar-refractivity contribution in [3.8, 4) is 0 Å². The van der Waals surface area contributed by atoms with E-state index in [0.29, 0.717) is 6.54 Å². The van der Waals surface area contributed by atoms with E-state index in [1.54, 1.807) is 35.6 Å². The van der Waals surface area contributed by atoms with E-state index in [1.165, 1.54) is 12.1 Å². The number of morpholine rings is 1. The van der Waals surface area contributed by atoms with Gasteiger partial charge in [0, 0.05) is 37.4 Å². The molecule has 4 rings (SSSR count). The van der Waals surface area contributed by atoms with Crippen LogP contribution in [0.5, 0.6) is 0 Å². The molecule has 2 aromatic rings. The second-order valence-corrected chi connectivity index (χ2v) is 7.25. The number of benzene rings is 1. The van der Waals surface area contributed by atoms with Crippen LogP contribution in [0.3, 0.4) is 0 Å². The average molecular weight is 370 g/mol. The summed E-state index contributed by atoms with van der Waals surface area (Å²) >= 11 is 0. The maximum atomic E-state index is 13.2. The van der Waals surface area contributed by atoms with Crippen LogP contribution in [0.1, 0.15) is 25.0 Å². The number of ether oxygens (including phenoxy) is 1. The Morgan fingerprint density at radius 2 is 2.00 bits per heavy atom. The van der Waals surface area contributed by atoms with Crippen LogP contribution in [0.4, 0.5) is 10.1 Å². The van der Waals surface area contributed by atoms with E-state index in [1.807, 2.05) is 0 Å². The first kappa shape index (κ1) is 18.0. The van der Waals surface area contributed by atoms with Gasteiger partial charge in [0.1, 0.15) is 12.4 Å². The van der Waals surface area contributed by atoms with Crippen LogP contribution in [0, 0.1) is 5.82 Å². The zero-order chi connectivity index (χ0) is 18.7. The van der Waals surface area contributed by atoms with Gasteiger partial charge in [-0.1, -0.05) is 0 Å². The van der Waals surface area contributed by atoms with Gasteiger partial charge in [0.25, 0.3) is 5.91 Å². The van der Waals surface area contributed by atoms with Crippen LogP contribution in [-0.2, 0) is 16.1 Å². The molecule has 142 valence electrons. The molecule has 1 aromatic heterocycles. The van der Waals surface area contributed by atoms with Crippen LogP contribution in [0.2, 0.25) is 0 Å². The normalized spacial score (nSPS) is 24.2. The number of nitrogens with zero attached hydrogens (tertiary/aromatic N) is 4. The van der Waals surface area contributed by atoms with Crippen molar-refractivity contribution in [1.29, 1.82) is 0 Å². The van der Waals surface area contributed by atoms with Crippen LogP contribution in [0.25, 0.3) is 0 Å². The van der Waals surface area contributed by atoms with Gasteiger partial charge >= 0.3 is 0 Å². The Kier molecular flexibility index (Phi) is 5.13. The zero-order valence-electron chi connectivity index (χ0n) is 15.2. The molecule has 27 heavy (non-hydrogen) atoms. The van der Waals surface area contributed by atoms with Gasteiger partial charge < -0.3 is 9.64 Å². The first-order valence-electron chi connectivity index (χ1n) is 9.31. The number of halogens is 1. The molecular weight excluding hydrogens is 347 g/mol. The van der Waals surface area contributed by atoms with E-state index in [9.17, 15) is 9.18 Å². The molecule has 0 bridgehead atoms. The van der Waals surface area contributed by atoms with Gasteiger partial charge in [-0.3, -0.25) is 19.7 Å². The lowest BCUT2D eigenvalue weighted by atomic mass is 9.92.